The van der Waals surface area contributed by atoms with Crippen LogP contribution in [0.5, 0.6) is 0 Å². The van der Waals surface area contributed by atoms with Crippen molar-refractivity contribution in [2.45, 2.75) is 52.6 Å². The average molecular weight is 487 g/mol. The van der Waals surface area contributed by atoms with Gasteiger partial charge < -0.3 is 4.98 Å². The van der Waals surface area contributed by atoms with E-state index in [1.807, 2.05) is 52.0 Å². The second kappa shape index (κ2) is 9.09. The molecule has 0 unspecified atom stereocenters. The lowest BCUT2D eigenvalue weighted by atomic mass is 9.95. The molecule has 0 bridgehead atoms. The zero-order valence-corrected chi connectivity index (χ0v) is 21.3. The normalized spacial score (nSPS) is 15.8. The molecule has 8 heteroatoms. The molecule has 1 N–H and O–H groups in total. The predicted molar refractivity (Wildman–Crippen MR) is 139 cm³/mol. The number of hydrogen-bond acceptors (Lipinski definition) is 5. The van der Waals surface area contributed by atoms with Gasteiger partial charge in [0.2, 0.25) is 0 Å². The molecule has 5 rings (SSSR count). The van der Waals surface area contributed by atoms with Gasteiger partial charge in [0.15, 0.2) is 5.82 Å². The van der Waals surface area contributed by atoms with E-state index in [0.717, 1.165) is 28.5 Å². The van der Waals surface area contributed by atoms with Gasteiger partial charge in [-0.05, 0) is 109 Å². The van der Waals surface area contributed by atoms with Gasteiger partial charge in [0.05, 0.1) is 5.54 Å². The Kier molecular flexibility index (Phi) is 6.08. The molecular formula is C28H31FN6O. The van der Waals surface area contributed by atoms with Crippen LogP contribution in [0.25, 0.3) is 16.5 Å². The summed E-state index contributed by atoms with van der Waals surface area (Å²) >= 11 is 0. The molecule has 7 nitrogen and oxygen atoms in total. The number of rotatable bonds is 4. The van der Waals surface area contributed by atoms with Crippen LogP contribution in [-0.4, -0.2) is 43.2 Å². The van der Waals surface area contributed by atoms with Crippen molar-refractivity contribution < 1.29 is 4.39 Å². The smallest absolute Gasteiger partial charge is 0.253 e. The molecule has 0 saturated heterocycles. The second-order valence-electron chi connectivity index (χ2n) is 10.6. The fraction of sp³-hybridized carbons (Fsp3) is 0.357. The van der Waals surface area contributed by atoms with Gasteiger partial charge in [0.1, 0.15) is 11.9 Å². The number of aromatic nitrogens is 5. The maximum Gasteiger partial charge on any atom is 0.253 e. The van der Waals surface area contributed by atoms with E-state index in [1.54, 1.807) is 4.68 Å². The highest BCUT2D eigenvalue weighted by atomic mass is 19.1. The molecule has 0 spiro atoms. The molecule has 1 aliphatic rings. The Morgan fingerprint density at radius 2 is 1.78 bits per heavy atom. The van der Waals surface area contributed by atoms with E-state index in [9.17, 15) is 9.18 Å². The minimum Gasteiger partial charge on any atom is -0.322 e. The summed E-state index contributed by atoms with van der Waals surface area (Å²) in [6.07, 6.45) is 2.92. The van der Waals surface area contributed by atoms with E-state index in [0.29, 0.717) is 24.5 Å². The second-order valence-corrected chi connectivity index (χ2v) is 10.6. The fourth-order valence-electron chi connectivity index (χ4n) is 4.88. The molecule has 0 amide bonds. The van der Waals surface area contributed by atoms with E-state index in [1.165, 1.54) is 23.3 Å². The van der Waals surface area contributed by atoms with Crippen LogP contribution in [-0.2, 0) is 5.54 Å². The van der Waals surface area contributed by atoms with Crippen LogP contribution in [0.1, 0.15) is 61.3 Å². The first-order valence-corrected chi connectivity index (χ1v) is 12.2. The Morgan fingerprint density at radius 3 is 2.44 bits per heavy atom. The highest BCUT2D eigenvalue weighted by Crippen LogP contribution is 2.33. The lowest BCUT2D eigenvalue weighted by molar-refractivity contribution is 0.219. The van der Waals surface area contributed by atoms with Crippen LogP contribution in [0.15, 0.2) is 53.3 Å². The number of fused-ring (bicyclic) bond motifs is 1. The van der Waals surface area contributed by atoms with Crippen molar-refractivity contribution in [3.63, 3.8) is 0 Å². The molecule has 0 aliphatic carbocycles. The quantitative estimate of drug-likeness (QED) is 0.444. The summed E-state index contributed by atoms with van der Waals surface area (Å²) in [5.41, 5.74) is 5.41. The van der Waals surface area contributed by atoms with Crippen LogP contribution in [0.4, 0.5) is 4.39 Å². The van der Waals surface area contributed by atoms with E-state index in [4.69, 9.17) is 0 Å². The third-order valence-electron chi connectivity index (χ3n) is 6.98. The highest BCUT2D eigenvalue weighted by molar-refractivity contribution is 5.81. The summed E-state index contributed by atoms with van der Waals surface area (Å²) in [5.74, 6) is 0.390. The largest absolute Gasteiger partial charge is 0.322 e. The first-order valence-electron chi connectivity index (χ1n) is 12.2. The number of nitrogens with one attached hydrogen (secondary N) is 1. The first-order chi connectivity index (χ1) is 17.1. The number of halogens is 1. The number of nitrogens with zero attached hydrogens (tertiary/aromatic N) is 5. The van der Waals surface area contributed by atoms with Crippen molar-refractivity contribution in [2.24, 2.45) is 0 Å². The Labute approximate surface area is 209 Å². The minimum absolute atomic E-state index is 0.146. The molecule has 3 heterocycles. The zero-order valence-electron chi connectivity index (χ0n) is 21.3. The topological polar surface area (TPSA) is 79.7 Å². The van der Waals surface area contributed by atoms with Gasteiger partial charge in [-0.3, -0.25) is 9.69 Å². The lowest BCUT2D eigenvalue weighted by Gasteiger charge is -2.34. The van der Waals surface area contributed by atoms with E-state index >= 15 is 0 Å². The SMILES string of the molecule is Cc1cc2cc([C@@H](c3nnnn3C(C)(C)C)N3CC=C(c4ccc(F)cc4)CC3)c(=O)[nH]c2cc1C. The van der Waals surface area contributed by atoms with E-state index < -0.39 is 6.04 Å². The zero-order chi connectivity index (χ0) is 25.6. The summed E-state index contributed by atoms with van der Waals surface area (Å²) in [7, 11) is 0. The van der Waals surface area contributed by atoms with Gasteiger partial charge in [-0.2, -0.15) is 0 Å². The van der Waals surface area contributed by atoms with E-state index in [2.05, 4.69) is 44.5 Å². The molecular weight excluding hydrogens is 455 g/mol. The van der Waals surface area contributed by atoms with E-state index in [-0.39, 0.29) is 16.9 Å². The molecule has 0 radical (unpaired) electrons. The van der Waals surface area contributed by atoms with Gasteiger partial charge in [-0.25, -0.2) is 9.07 Å². The third-order valence-corrected chi connectivity index (χ3v) is 6.98. The van der Waals surface area contributed by atoms with Crippen LogP contribution >= 0.6 is 0 Å². The standard InChI is InChI=1S/C28H31FN6O/c1-17-14-21-16-23(27(36)30-24(21)15-18(17)2)25(26-31-32-33-35(26)28(3,4)5)34-12-10-20(11-13-34)19-6-8-22(29)9-7-19/h6-10,14-16,25H,11-13H2,1-5H3,(H,30,36)/t25-/m0/s1. The van der Waals surface area contributed by atoms with Crippen molar-refractivity contribution in [3.05, 3.63) is 92.8 Å². The Morgan fingerprint density at radius 1 is 1.06 bits per heavy atom. The van der Waals surface area contributed by atoms with Gasteiger partial charge in [-0.1, -0.05) is 18.2 Å². The average Bonchev–Trinajstić information content (AvgIpc) is 3.32. The summed E-state index contributed by atoms with van der Waals surface area (Å²) in [4.78, 5) is 18.8. The third kappa shape index (κ3) is 4.48. The van der Waals surface area contributed by atoms with Gasteiger partial charge in [-0.15, -0.1) is 5.10 Å². The molecule has 1 atom stereocenters. The lowest BCUT2D eigenvalue weighted by Crippen LogP contribution is -2.39. The molecule has 4 aromatic rings. The monoisotopic (exact) mass is 486 g/mol. The molecule has 0 fully saturated rings. The van der Waals surface area contributed by atoms with Crippen LogP contribution in [0.2, 0.25) is 0 Å². The Bertz CT molecular complexity index is 1510. The fourth-order valence-corrected chi connectivity index (χ4v) is 4.88. The van der Waals surface area contributed by atoms with Crippen LogP contribution in [0.3, 0.4) is 0 Å². The molecule has 186 valence electrons. The van der Waals surface area contributed by atoms with Crippen molar-refractivity contribution >= 4 is 16.5 Å². The maximum absolute atomic E-state index is 13.5. The minimum atomic E-state index is -0.431. The highest BCUT2D eigenvalue weighted by Gasteiger charge is 2.34. The number of pyridine rings is 1. The van der Waals surface area contributed by atoms with Crippen LogP contribution in [0, 0.1) is 19.7 Å². The summed E-state index contributed by atoms with van der Waals surface area (Å²) in [6.45, 7) is 11.6. The van der Waals surface area contributed by atoms with Gasteiger partial charge >= 0.3 is 0 Å². The van der Waals surface area contributed by atoms with Crippen LogP contribution < -0.4 is 5.56 Å². The number of aromatic amines is 1. The summed E-state index contributed by atoms with van der Waals surface area (Å²) in [5, 5.41) is 13.7. The summed E-state index contributed by atoms with van der Waals surface area (Å²) < 4.78 is 15.2. The molecule has 2 aromatic carbocycles. The molecule has 1 aliphatic heterocycles. The molecule has 0 saturated carbocycles. The van der Waals surface area contributed by atoms with Gasteiger partial charge in [0, 0.05) is 24.2 Å². The number of H-pyrrole nitrogens is 1. The predicted octanol–water partition coefficient (Wildman–Crippen LogP) is 4.90. The number of tetrazole rings is 1. The van der Waals surface area contributed by atoms with Crippen molar-refractivity contribution in [1.82, 2.24) is 30.1 Å². The van der Waals surface area contributed by atoms with Crippen molar-refractivity contribution in [2.75, 3.05) is 13.1 Å². The van der Waals surface area contributed by atoms with Gasteiger partial charge in [0.25, 0.3) is 5.56 Å². The first kappa shape index (κ1) is 24.1. The number of aryl methyl sites for hydroxylation is 2. The molecule has 2 aromatic heterocycles. The molecule has 36 heavy (non-hydrogen) atoms. The van der Waals surface area contributed by atoms with Crippen molar-refractivity contribution in [3.8, 4) is 0 Å². The van der Waals surface area contributed by atoms with Crippen molar-refractivity contribution in [1.29, 1.82) is 0 Å². The number of benzene rings is 2. The Hall–Kier alpha value is -3.65. The maximum atomic E-state index is 13.5. The Balaban J connectivity index is 1.61. The summed E-state index contributed by atoms with van der Waals surface area (Å²) in [6, 6.07) is 12.3. The number of hydrogen-bond donors (Lipinski definition) is 1.